The molecule has 140 valence electrons. The van der Waals surface area contributed by atoms with Gasteiger partial charge in [-0.25, -0.2) is 9.18 Å². The van der Waals surface area contributed by atoms with E-state index in [9.17, 15) is 14.0 Å². The maximum atomic E-state index is 13.3. The lowest BCUT2D eigenvalue weighted by Gasteiger charge is -2.17. The van der Waals surface area contributed by atoms with Crippen molar-refractivity contribution in [3.63, 3.8) is 0 Å². The Morgan fingerprint density at radius 2 is 2.07 bits per heavy atom. The van der Waals surface area contributed by atoms with Gasteiger partial charge in [0.25, 0.3) is 0 Å². The first kappa shape index (κ1) is 17.5. The molecule has 1 aliphatic heterocycles. The Morgan fingerprint density at radius 3 is 2.85 bits per heavy atom. The minimum atomic E-state index is -0.390. The van der Waals surface area contributed by atoms with Gasteiger partial charge >= 0.3 is 6.03 Å². The summed E-state index contributed by atoms with van der Waals surface area (Å²) in [7, 11) is 0. The van der Waals surface area contributed by atoms with E-state index < -0.39 is 0 Å². The molecule has 0 radical (unpaired) electrons. The molecule has 2 N–H and O–H groups in total. The summed E-state index contributed by atoms with van der Waals surface area (Å²) >= 11 is 0. The zero-order valence-corrected chi connectivity index (χ0v) is 14.8. The van der Waals surface area contributed by atoms with Gasteiger partial charge in [-0.05, 0) is 48.7 Å². The van der Waals surface area contributed by atoms with Crippen molar-refractivity contribution in [3.05, 3.63) is 60.2 Å². The third-order valence-electron chi connectivity index (χ3n) is 5.47. The Balaban J connectivity index is 1.29. The Bertz CT molecular complexity index is 860. The van der Waals surface area contributed by atoms with Crippen molar-refractivity contribution in [2.24, 2.45) is 11.3 Å². The number of urea groups is 1. The van der Waals surface area contributed by atoms with E-state index >= 15 is 0 Å². The summed E-state index contributed by atoms with van der Waals surface area (Å²) in [4.78, 5) is 30.5. The van der Waals surface area contributed by atoms with Crippen molar-refractivity contribution >= 4 is 17.6 Å². The second-order valence-corrected chi connectivity index (χ2v) is 7.30. The fourth-order valence-corrected chi connectivity index (χ4v) is 3.82. The van der Waals surface area contributed by atoms with Crippen LogP contribution in [0.2, 0.25) is 0 Å². The standard InChI is InChI=1S/C20H21FN4O2/c21-15-2-1-3-16(10-15)24-19(27)25-9-6-20(13-25)11-17(20)18(26)23-12-14-4-7-22-8-5-14/h1-5,7-8,10,17H,6,9,11-13H2,(H,23,26)(H,24,27). The molecule has 2 fully saturated rings. The molecule has 2 aliphatic rings. The van der Waals surface area contributed by atoms with Crippen LogP contribution >= 0.6 is 0 Å². The zero-order valence-electron chi connectivity index (χ0n) is 14.8. The smallest absolute Gasteiger partial charge is 0.321 e. The van der Waals surface area contributed by atoms with Gasteiger partial charge in [-0.15, -0.1) is 0 Å². The van der Waals surface area contributed by atoms with E-state index in [1.54, 1.807) is 29.4 Å². The largest absolute Gasteiger partial charge is 0.352 e. The van der Waals surface area contributed by atoms with Gasteiger partial charge in [0.05, 0.1) is 0 Å². The molecular weight excluding hydrogens is 347 g/mol. The highest BCUT2D eigenvalue weighted by Crippen LogP contribution is 2.58. The SMILES string of the molecule is O=C(NCc1ccncc1)C1CC12CCN(C(=O)Nc1cccc(F)c1)C2. The van der Waals surface area contributed by atoms with Gasteiger partial charge in [-0.3, -0.25) is 9.78 Å². The number of pyridine rings is 1. The summed E-state index contributed by atoms with van der Waals surface area (Å²) < 4.78 is 13.3. The second-order valence-electron chi connectivity index (χ2n) is 7.30. The van der Waals surface area contributed by atoms with Crippen molar-refractivity contribution in [3.8, 4) is 0 Å². The number of rotatable bonds is 4. The van der Waals surface area contributed by atoms with E-state index in [4.69, 9.17) is 0 Å². The molecule has 2 heterocycles. The van der Waals surface area contributed by atoms with Crippen LogP contribution in [0.5, 0.6) is 0 Å². The van der Waals surface area contributed by atoms with Gasteiger partial charge in [0.1, 0.15) is 5.82 Å². The minimum Gasteiger partial charge on any atom is -0.352 e. The average molecular weight is 368 g/mol. The average Bonchev–Trinajstić information content (AvgIpc) is 3.20. The highest BCUT2D eigenvalue weighted by Gasteiger charge is 2.61. The Labute approximate surface area is 156 Å². The van der Waals surface area contributed by atoms with E-state index in [0.717, 1.165) is 18.4 Å². The molecule has 2 unspecified atom stereocenters. The molecule has 7 heteroatoms. The number of anilines is 1. The van der Waals surface area contributed by atoms with Crippen LogP contribution in [-0.2, 0) is 11.3 Å². The minimum absolute atomic E-state index is 0.0409. The van der Waals surface area contributed by atoms with Crippen LogP contribution < -0.4 is 10.6 Å². The molecule has 1 aliphatic carbocycles. The van der Waals surface area contributed by atoms with Gasteiger partial charge in [0.15, 0.2) is 0 Å². The van der Waals surface area contributed by atoms with Crippen molar-refractivity contribution in [1.29, 1.82) is 0 Å². The molecule has 1 saturated carbocycles. The number of hydrogen-bond acceptors (Lipinski definition) is 3. The van der Waals surface area contributed by atoms with E-state index in [-0.39, 0.29) is 29.1 Å². The summed E-state index contributed by atoms with van der Waals surface area (Å²) in [6, 6.07) is 9.32. The monoisotopic (exact) mass is 368 g/mol. The topological polar surface area (TPSA) is 74.3 Å². The van der Waals surface area contributed by atoms with Gasteiger partial charge in [0, 0.05) is 49.0 Å². The Morgan fingerprint density at radius 1 is 1.26 bits per heavy atom. The molecule has 1 aromatic heterocycles. The molecular formula is C20H21FN4O2. The van der Waals surface area contributed by atoms with Gasteiger partial charge < -0.3 is 15.5 Å². The Hall–Kier alpha value is -2.96. The van der Waals surface area contributed by atoms with E-state index in [1.807, 2.05) is 12.1 Å². The zero-order chi connectivity index (χ0) is 18.9. The first-order valence-electron chi connectivity index (χ1n) is 9.04. The molecule has 4 rings (SSSR count). The van der Waals surface area contributed by atoms with Gasteiger partial charge in [-0.1, -0.05) is 6.07 Å². The number of halogens is 1. The molecule has 3 amide bonds. The van der Waals surface area contributed by atoms with E-state index in [0.29, 0.717) is 25.3 Å². The van der Waals surface area contributed by atoms with Crippen LogP contribution in [0.25, 0.3) is 0 Å². The maximum Gasteiger partial charge on any atom is 0.321 e. The lowest BCUT2D eigenvalue weighted by atomic mass is 10.0. The third-order valence-corrected chi connectivity index (χ3v) is 5.47. The summed E-state index contributed by atoms with van der Waals surface area (Å²) in [5.41, 5.74) is 1.33. The first-order valence-corrected chi connectivity index (χ1v) is 9.04. The first-order chi connectivity index (χ1) is 13.1. The normalized spacial score (nSPS) is 23.3. The molecule has 27 heavy (non-hydrogen) atoms. The predicted octanol–water partition coefficient (Wildman–Crippen LogP) is 2.78. The van der Waals surface area contributed by atoms with Crippen LogP contribution in [0.15, 0.2) is 48.8 Å². The number of benzene rings is 1. The molecule has 2 aromatic rings. The lowest BCUT2D eigenvalue weighted by molar-refractivity contribution is -0.123. The fourth-order valence-electron chi connectivity index (χ4n) is 3.82. The summed E-state index contributed by atoms with van der Waals surface area (Å²) in [5, 5.41) is 5.70. The summed E-state index contributed by atoms with van der Waals surface area (Å²) in [6.45, 7) is 1.65. The van der Waals surface area contributed by atoms with Crippen LogP contribution in [-0.4, -0.2) is 34.9 Å². The molecule has 6 nitrogen and oxygen atoms in total. The van der Waals surface area contributed by atoms with Gasteiger partial charge in [0.2, 0.25) is 5.91 Å². The molecule has 2 atom stereocenters. The number of carbonyl (C=O) groups is 2. The third kappa shape index (κ3) is 3.77. The predicted molar refractivity (Wildman–Crippen MR) is 98.2 cm³/mol. The molecule has 1 saturated heterocycles. The summed E-state index contributed by atoms with van der Waals surface area (Å²) in [5.74, 6) is -0.399. The van der Waals surface area contributed by atoms with Crippen LogP contribution in [0, 0.1) is 17.2 Å². The fraction of sp³-hybridized carbons (Fsp3) is 0.350. The number of nitrogens with zero attached hydrogens (tertiary/aromatic N) is 2. The van der Waals surface area contributed by atoms with Crippen LogP contribution in [0.1, 0.15) is 18.4 Å². The number of nitrogens with one attached hydrogen (secondary N) is 2. The van der Waals surface area contributed by atoms with Crippen LogP contribution in [0.3, 0.4) is 0 Å². The van der Waals surface area contributed by atoms with Crippen LogP contribution in [0.4, 0.5) is 14.9 Å². The number of likely N-dealkylation sites (tertiary alicyclic amines) is 1. The maximum absolute atomic E-state index is 13.3. The highest BCUT2D eigenvalue weighted by molar-refractivity contribution is 5.90. The molecule has 1 spiro atoms. The Kier molecular flexibility index (Phi) is 4.51. The quantitative estimate of drug-likeness (QED) is 0.871. The number of carbonyl (C=O) groups excluding carboxylic acids is 2. The highest BCUT2D eigenvalue weighted by atomic mass is 19.1. The second kappa shape index (κ2) is 6.98. The number of amides is 3. The van der Waals surface area contributed by atoms with Gasteiger partial charge in [-0.2, -0.15) is 0 Å². The molecule has 1 aromatic carbocycles. The summed E-state index contributed by atoms with van der Waals surface area (Å²) in [6.07, 6.45) is 5.02. The van der Waals surface area contributed by atoms with E-state index in [1.165, 1.54) is 12.1 Å². The number of aromatic nitrogens is 1. The van der Waals surface area contributed by atoms with E-state index in [2.05, 4.69) is 15.6 Å². The lowest BCUT2D eigenvalue weighted by Crippen LogP contribution is -2.34. The number of hydrogen-bond donors (Lipinski definition) is 2. The van der Waals surface area contributed by atoms with Crippen molar-refractivity contribution in [1.82, 2.24) is 15.2 Å². The molecule has 0 bridgehead atoms. The van der Waals surface area contributed by atoms with Crippen molar-refractivity contribution in [2.45, 2.75) is 19.4 Å². The van der Waals surface area contributed by atoms with Crippen molar-refractivity contribution < 1.29 is 14.0 Å². The van der Waals surface area contributed by atoms with Crippen molar-refractivity contribution in [2.75, 3.05) is 18.4 Å².